The number of aliphatic hydroxyl groups is 2. The summed E-state index contributed by atoms with van der Waals surface area (Å²) in [6.45, 7) is -0.352. The highest BCUT2D eigenvalue weighted by Crippen LogP contribution is 2.30. The zero-order chi connectivity index (χ0) is 14.9. The summed E-state index contributed by atoms with van der Waals surface area (Å²) in [5.41, 5.74) is -0.506. The Morgan fingerprint density at radius 1 is 1.55 bits per heavy atom. The molecule has 0 radical (unpaired) electrons. The maximum absolute atomic E-state index is 12.0. The van der Waals surface area contributed by atoms with E-state index in [-0.39, 0.29) is 6.61 Å². The molecule has 0 amide bonds. The molecule has 1 aliphatic heterocycles. The molecule has 0 aliphatic carbocycles. The number of methoxy groups -OCH3 is 1. The number of ether oxygens (including phenoxy) is 2. The lowest BCUT2D eigenvalue weighted by Gasteiger charge is -2.21. The fourth-order valence-electron chi connectivity index (χ4n) is 2.19. The van der Waals surface area contributed by atoms with Gasteiger partial charge in [-0.3, -0.25) is 4.57 Å². The van der Waals surface area contributed by atoms with Crippen LogP contribution in [-0.4, -0.2) is 65.9 Å². The second-order valence-electron chi connectivity index (χ2n) is 4.81. The van der Waals surface area contributed by atoms with Crippen LogP contribution in [0.3, 0.4) is 0 Å². The van der Waals surface area contributed by atoms with Crippen LogP contribution in [0.2, 0.25) is 0 Å². The molecular weight excluding hydrogens is 266 g/mol. The van der Waals surface area contributed by atoms with E-state index in [1.165, 1.54) is 17.9 Å². The molecule has 0 bridgehead atoms. The first-order valence-electron chi connectivity index (χ1n) is 6.23. The van der Waals surface area contributed by atoms with Gasteiger partial charge in [0.15, 0.2) is 6.23 Å². The van der Waals surface area contributed by atoms with Crippen molar-refractivity contribution >= 4 is 5.82 Å². The van der Waals surface area contributed by atoms with Crippen molar-refractivity contribution in [3.8, 4) is 0 Å². The van der Waals surface area contributed by atoms with Crippen LogP contribution in [0.25, 0.3) is 0 Å². The molecule has 0 saturated carbocycles. The average molecular weight is 285 g/mol. The highest BCUT2D eigenvalue weighted by Gasteiger charge is 2.45. The van der Waals surface area contributed by atoms with Crippen LogP contribution < -0.4 is 10.6 Å². The van der Waals surface area contributed by atoms with Crippen LogP contribution >= 0.6 is 0 Å². The van der Waals surface area contributed by atoms with Crippen molar-refractivity contribution in [1.29, 1.82) is 0 Å². The van der Waals surface area contributed by atoms with Crippen molar-refractivity contribution in [2.75, 3.05) is 32.7 Å². The first kappa shape index (κ1) is 14.9. The number of rotatable bonds is 4. The maximum atomic E-state index is 12.0. The topological polar surface area (TPSA) is 97.1 Å². The first-order chi connectivity index (χ1) is 9.49. The minimum Gasteiger partial charge on any atom is -0.394 e. The Bertz CT molecular complexity index is 518. The maximum Gasteiger partial charge on any atom is 0.351 e. The summed E-state index contributed by atoms with van der Waals surface area (Å²) >= 11 is 0. The minimum absolute atomic E-state index is 0.352. The molecule has 0 spiro atoms. The van der Waals surface area contributed by atoms with Crippen LogP contribution in [0.15, 0.2) is 17.1 Å². The zero-order valence-electron chi connectivity index (χ0n) is 11.6. The predicted octanol–water partition coefficient (Wildman–Crippen LogP) is -1.43. The lowest BCUT2D eigenvalue weighted by molar-refractivity contribution is -0.0624. The number of aliphatic hydroxyl groups excluding tert-OH is 2. The van der Waals surface area contributed by atoms with Gasteiger partial charge in [-0.15, -0.1) is 0 Å². The number of hydrogen-bond acceptors (Lipinski definition) is 7. The van der Waals surface area contributed by atoms with Crippen molar-refractivity contribution in [3.05, 3.63) is 22.7 Å². The molecular formula is C12H19N3O5. The Labute approximate surface area is 116 Å². The van der Waals surface area contributed by atoms with Crippen molar-refractivity contribution in [2.45, 2.75) is 24.5 Å². The van der Waals surface area contributed by atoms with Gasteiger partial charge in [-0.2, -0.15) is 4.98 Å². The SMILES string of the molecule is CO[C@H]1C(O)[C@@H](CO)O[C@H]1n1ccc(N(C)C)nc1=O. The van der Waals surface area contributed by atoms with E-state index in [0.717, 1.165) is 0 Å². The van der Waals surface area contributed by atoms with E-state index in [9.17, 15) is 9.90 Å². The molecule has 20 heavy (non-hydrogen) atoms. The van der Waals surface area contributed by atoms with Gasteiger partial charge in [-0.25, -0.2) is 4.79 Å². The molecule has 1 unspecified atom stereocenters. The molecule has 1 fully saturated rings. The van der Waals surface area contributed by atoms with Gasteiger partial charge in [0.2, 0.25) is 0 Å². The summed E-state index contributed by atoms with van der Waals surface area (Å²) in [6.07, 6.45) is -1.81. The van der Waals surface area contributed by atoms with Crippen LogP contribution in [0, 0.1) is 0 Å². The van der Waals surface area contributed by atoms with Crippen LogP contribution in [0.5, 0.6) is 0 Å². The van der Waals surface area contributed by atoms with Gasteiger partial charge in [0, 0.05) is 27.4 Å². The summed E-state index contributed by atoms with van der Waals surface area (Å²) in [7, 11) is 4.97. The average Bonchev–Trinajstić information content (AvgIpc) is 2.74. The number of hydrogen-bond donors (Lipinski definition) is 2. The van der Waals surface area contributed by atoms with Crippen molar-refractivity contribution in [2.24, 2.45) is 0 Å². The molecule has 2 N–H and O–H groups in total. The third-order valence-electron chi connectivity index (χ3n) is 3.31. The molecule has 1 aliphatic rings. The van der Waals surface area contributed by atoms with Gasteiger partial charge in [0.1, 0.15) is 24.1 Å². The van der Waals surface area contributed by atoms with E-state index in [1.54, 1.807) is 25.1 Å². The molecule has 2 heterocycles. The van der Waals surface area contributed by atoms with Gasteiger partial charge in [-0.1, -0.05) is 0 Å². The van der Waals surface area contributed by atoms with Gasteiger partial charge in [0.05, 0.1) is 6.61 Å². The van der Waals surface area contributed by atoms with Gasteiger partial charge in [0.25, 0.3) is 0 Å². The second-order valence-corrected chi connectivity index (χ2v) is 4.81. The van der Waals surface area contributed by atoms with Gasteiger partial charge < -0.3 is 24.6 Å². The Balaban J connectivity index is 2.33. The lowest BCUT2D eigenvalue weighted by atomic mass is 10.1. The van der Waals surface area contributed by atoms with Crippen LogP contribution in [0.4, 0.5) is 5.82 Å². The smallest absolute Gasteiger partial charge is 0.351 e. The molecule has 2 rings (SSSR count). The number of aromatic nitrogens is 2. The fourth-order valence-corrected chi connectivity index (χ4v) is 2.19. The Hall–Kier alpha value is -1.48. The lowest BCUT2D eigenvalue weighted by Crippen LogP contribution is -2.37. The van der Waals surface area contributed by atoms with Crippen molar-refractivity contribution < 1.29 is 19.7 Å². The van der Waals surface area contributed by atoms with Crippen LogP contribution in [-0.2, 0) is 9.47 Å². The largest absolute Gasteiger partial charge is 0.394 e. The van der Waals surface area contributed by atoms with E-state index in [2.05, 4.69) is 4.98 Å². The van der Waals surface area contributed by atoms with E-state index in [1.807, 2.05) is 0 Å². The standard InChI is InChI=1S/C12H19N3O5/c1-14(2)8-4-5-15(12(18)13-8)11-10(19-3)9(17)7(6-16)20-11/h4-5,7,9-11,16-17H,6H2,1-3H3/t7-,9?,10+,11-/m1/s1. The summed E-state index contributed by atoms with van der Waals surface area (Å²) in [5.74, 6) is 0.525. The summed E-state index contributed by atoms with van der Waals surface area (Å²) < 4.78 is 11.9. The van der Waals surface area contributed by atoms with E-state index < -0.39 is 30.2 Å². The minimum atomic E-state index is -1.00. The van der Waals surface area contributed by atoms with Crippen molar-refractivity contribution in [1.82, 2.24) is 9.55 Å². The third kappa shape index (κ3) is 2.55. The van der Waals surface area contributed by atoms with Crippen molar-refractivity contribution in [3.63, 3.8) is 0 Å². The van der Waals surface area contributed by atoms with E-state index >= 15 is 0 Å². The molecule has 1 saturated heterocycles. The van der Waals surface area contributed by atoms with E-state index in [4.69, 9.17) is 14.6 Å². The predicted molar refractivity (Wildman–Crippen MR) is 70.6 cm³/mol. The molecule has 112 valence electrons. The molecule has 8 heteroatoms. The third-order valence-corrected chi connectivity index (χ3v) is 3.31. The summed E-state index contributed by atoms with van der Waals surface area (Å²) in [5, 5.41) is 19.1. The number of nitrogens with zero attached hydrogens (tertiary/aromatic N) is 3. The second kappa shape index (κ2) is 5.88. The molecule has 8 nitrogen and oxygen atoms in total. The quantitative estimate of drug-likeness (QED) is 0.700. The summed E-state index contributed by atoms with van der Waals surface area (Å²) in [4.78, 5) is 17.7. The molecule has 0 aromatic carbocycles. The molecule has 4 atom stereocenters. The van der Waals surface area contributed by atoms with E-state index in [0.29, 0.717) is 5.82 Å². The molecule has 1 aromatic rings. The first-order valence-corrected chi connectivity index (χ1v) is 6.23. The Kier molecular flexibility index (Phi) is 4.39. The Morgan fingerprint density at radius 3 is 2.75 bits per heavy atom. The molecule has 1 aromatic heterocycles. The van der Waals surface area contributed by atoms with Crippen LogP contribution in [0.1, 0.15) is 6.23 Å². The Morgan fingerprint density at radius 2 is 2.25 bits per heavy atom. The highest BCUT2D eigenvalue weighted by molar-refractivity contribution is 5.33. The highest BCUT2D eigenvalue weighted by atomic mass is 16.6. The summed E-state index contributed by atoms with van der Waals surface area (Å²) in [6, 6.07) is 1.66. The normalized spacial score (nSPS) is 29.6. The monoisotopic (exact) mass is 285 g/mol. The fraction of sp³-hybridized carbons (Fsp3) is 0.667. The zero-order valence-corrected chi connectivity index (χ0v) is 11.6. The van der Waals surface area contributed by atoms with Gasteiger partial charge >= 0.3 is 5.69 Å². The number of anilines is 1. The van der Waals surface area contributed by atoms with Gasteiger partial charge in [-0.05, 0) is 6.07 Å².